The zero-order valence-corrected chi connectivity index (χ0v) is 26.5. The maximum Gasteiger partial charge on any atom is 0.159 e. The minimum absolute atomic E-state index is 0.866. The van der Waals surface area contributed by atoms with Crippen molar-refractivity contribution < 1.29 is 8.83 Å². The molecule has 230 valence electrons. The van der Waals surface area contributed by atoms with Crippen LogP contribution < -0.4 is 4.90 Å². The third kappa shape index (κ3) is 4.51. The summed E-state index contributed by atoms with van der Waals surface area (Å²) < 4.78 is 12.7. The highest BCUT2D eigenvalue weighted by atomic mass is 16.3. The molecule has 0 fully saturated rings. The fourth-order valence-electron chi connectivity index (χ4n) is 7.29. The molecule has 0 aliphatic carbocycles. The number of furan rings is 2. The third-order valence-corrected chi connectivity index (χ3v) is 9.68. The summed E-state index contributed by atoms with van der Waals surface area (Å²) in [5.74, 6) is 0. The molecule has 2 aromatic heterocycles. The molecule has 49 heavy (non-hydrogen) atoms. The molecule has 0 saturated carbocycles. The summed E-state index contributed by atoms with van der Waals surface area (Å²) in [4.78, 5) is 2.30. The van der Waals surface area contributed by atoms with E-state index < -0.39 is 0 Å². The van der Waals surface area contributed by atoms with Crippen molar-refractivity contribution in [3.05, 3.63) is 176 Å². The Morgan fingerprint density at radius 1 is 0.347 bits per heavy atom. The van der Waals surface area contributed by atoms with Gasteiger partial charge < -0.3 is 13.7 Å². The van der Waals surface area contributed by atoms with Crippen LogP contribution in [0.4, 0.5) is 17.1 Å². The first-order valence-electron chi connectivity index (χ1n) is 16.6. The molecule has 0 bridgehead atoms. The molecule has 0 atom stereocenters. The van der Waals surface area contributed by atoms with Gasteiger partial charge in [0.1, 0.15) is 16.7 Å². The molecule has 0 saturated heterocycles. The lowest BCUT2D eigenvalue weighted by molar-refractivity contribution is 0.669. The summed E-state index contributed by atoms with van der Waals surface area (Å²) >= 11 is 0. The standard InChI is InChI=1S/C46H29NO2/c1-2-9-30(10-3-1)31-19-24-35(25-20-31)47(41-14-8-13-38-37-11-4-6-15-42(37)49-46(38)41)36-26-21-32(22-27-36)34-18-17-33-23-28-44-45(40(33)29-34)39-12-5-7-16-43(39)48-44/h1-29H. The number of rotatable bonds is 5. The first-order chi connectivity index (χ1) is 24.3. The largest absolute Gasteiger partial charge is 0.456 e. The molecule has 0 radical (unpaired) electrons. The van der Waals surface area contributed by atoms with E-state index >= 15 is 0 Å². The minimum Gasteiger partial charge on any atom is -0.456 e. The monoisotopic (exact) mass is 627 g/mol. The molecule has 0 amide bonds. The lowest BCUT2D eigenvalue weighted by Gasteiger charge is -2.26. The van der Waals surface area contributed by atoms with Gasteiger partial charge in [-0.1, -0.05) is 121 Å². The molecule has 3 nitrogen and oxygen atoms in total. The average molecular weight is 628 g/mol. The maximum absolute atomic E-state index is 6.54. The van der Waals surface area contributed by atoms with Gasteiger partial charge >= 0.3 is 0 Å². The molecule has 3 heteroatoms. The van der Waals surface area contributed by atoms with E-state index in [1.165, 1.54) is 21.9 Å². The van der Waals surface area contributed by atoms with Gasteiger partial charge in [-0.2, -0.15) is 0 Å². The van der Waals surface area contributed by atoms with Crippen molar-refractivity contribution in [3.8, 4) is 22.3 Å². The lowest BCUT2D eigenvalue weighted by atomic mass is 9.98. The van der Waals surface area contributed by atoms with Gasteiger partial charge in [-0.25, -0.2) is 0 Å². The molecule has 2 heterocycles. The Morgan fingerprint density at radius 2 is 0.918 bits per heavy atom. The van der Waals surface area contributed by atoms with Crippen molar-refractivity contribution in [2.45, 2.75) is 0 Å². The topological polar surface area (TPSA) is 29.5 Å². The number of anilines is 3. The van der Waals surface area contributed by atoms with Crippen LogP contribution in [0, 0.1) is 0 Å². The maximum atomic E-state index is 6.54. The van der Waals surface area contributed by atoms with Gasteiger partial charge in [-0.3, -0.25) is 0 Å². The van der Waals surface area contributed by atoms with Crippen molar-refractivity contribution in [2.75, 3.05) is 4.90 Å². The quantitative estimate of drug-likeness (QED) is 0.190. The van der Waals surface area contributed by atoms with Gasteiger partial charge in [-0.15, -0.1) is 0 Å². The summed E-state index contributed by atoms with van der Waals surface area (Å²) in [6, 6.07) is 62.0. The van der Waals surface area contributed by atoms with Crippen LogP contribution in [-0.4, -0.2) is 0 Å². The molecule has 10 aromatic rings. The summed E-state index contributed by atoms with van der Waals surface area (Å²) in [5, 5.41) is 6.92. The van der Waals surface area contributed by atoms with Gasteiger partial charge in [-0.05, 0) is 87.6 Å². The predicted molar refractivity (Wildman–Crippen MR) is 204 cm³/mol. The Bertz CT molecular complexity index is 2810. The zero-order chi connectivity index (χ0) is 32.3. The van der Waals surface area contributed by atoms with Crippen molar-refractivity contribution in [1.82, 2.24) is 0 Å². The molecule has 0 N–H and O–H groups in total. The van der Waals surface area contributed by atoms with E-state index in [1.807, 2.05) is 24.3 Å². The van der Waals surface area contributed by atoms with E-state index in [4.69, 9.17) is 8.83 Å². The Hall–Kier alpha value is -6.58. The Balaban J connectivity index is 1.11. The second-order valence-corrected chi connectivity index (χ2v) is 12.5. The van der Waals surface area contributed by atoms with E-state index in [9.17, 15) is 0 Å². The molecular formula is C46H29NO2. The molecule has 0 aliphatic heterocycles. The average Bonchev–Trinajstić information content (AvgIpc) is 3.75. The van der Waals surface area contributed by atoms with E-state index in [0.717, 1.165) is 72.1 Å². The fourth-order valence-corrected chi connectivity index (χ4v) is 7.29. The molecule has 10 rings (SSSR count). The van der Waals surface area contributed by atoms with Crippen LogP contribution in [0.2, 0.25) is 0 Å². The van der Waals surface area contributed by atoms with E-state index in [1.54, 1.807) is 0 Å². The predicted octanol–water partition coefficient (Wildman–Crippen LogP) is 13.4. The number of para-hydroxylation sites is 3. The normalized spacial score (nSPS) is 11.7. The van der Waals surface area contributed by atoms with E-state index in [0.29, 0.717) is 0 Å². The smallest absolute Gasteiger partial charge is 0.159 e. The molecule has 0 spiro atoms. The number of benzene rings is 8. The number of nitrogens with zero attached hydrogens (tertiary/aromatic N) is 1. The first kappa shape index (κ1) is 27.5. The van der Waals surface area contributed by atoms with Crippen molar-refractivity contribution in [1.29, 1.82) is 0 Å². The van der Waals surface area contributed by atoms with Crippen molar-refractivity contribution >= 4 is 71.7 Å². The minimum atomic E-state index is 0.866. The van der Waals surface area contributed by atoms with Gasteiger partial charge in [0, 0.05) is 32.9 Å². The SMILES string of the molecule is c1ccc(-c2ccc(N(c3ccc(-c4ccc5ccc6oc7ccccc7c6c5c4)cc3)c3cccc4c3oc3ccccc34)cc2)cc1. The second kappa shape index (κ2) is 11.0. The second-order valence-electron chi connectivity index (χ2n) is 12.5. The van der Waals surface area contributed by atoms with Gasteiger partial charge in [0.15, 0.2) is 5.58 Å². The summed E-state index contributed by atoms with van der Waals surface area (Å²) in [6.45, 7) is 0. The Kier molecular flexibility index (Phi) is 6.18. The number of hydrogen-bond donors (Lipinski definition) is 0. The van der Waals surface area contributed by atoms with Crippen LogP contribution in [0.1, 0.15) is 0 Å². The highest BCUT2D eigenvalue weighted by Crippen LogP contribution is 2.43. The van der Waals surface area contributed by atoms with Crippen molar-refractivity contribution in [3.63, 3.8) is 0 Å². The number of fused-ring (bicyclic) bond motifs is 8. The van der Waals surface area contributed by atoms with Crippen LogP contribution >= 0.6 is 0 Å². The van der Waals surface area contributed by atoms with Gasteiger partial charge in [0.05, 0.1) is 5.69 Å². The van der Waals surface area contributed by atoms with Crippen LogP contribution in [0.3, 0.4) is 0 Å². The van der Waals surface area contributed by atoms with Gasteiger partial charge in [0.2, 0.25) is 0 Å². The molecule has 0 unspecified atom stereocenters. The molecular weight excluding hydrogens is 599 g/mol. The zero-order valence-electron chi connectivity index (χ0n) is 26.5. The van der Waals surface area contributed by atoms with E-state index in [-0.39, 0.29) is 0 Å². The van der Waals surface area contributed by atoms with Crippen molar-refractivity contribution in [2.24, 2.45) is 0 Å². The van der Waals surface area contributed by atoms with Gasteiger partial charge in [0.25, 0.3) is 0 Å². The van der Waals surface area contributed by atoms with Crippen LogP contribution in [-0.2, 0) is 0 Å². The highest BCUT2D eigenvalue weighted by molar-refractivity contribution is 6.19. The summed E-state index contributed by atoms with van der Waals surface area (Å²) in [5.41, 5.74) is 11.4. The van der Waals surface area contributed by atoms with Crippen LogP contribution in [0.5, 0.6) is 0 Å². The fraction of sp³-hybridized carbons (Fsp3) is 0. The highest BCUT2D eigenvalue weighted by Gasteiger charge is 2.20. The lowest BCUT2D eigenvalue weighted by Crippen LogP contribution is -2.10. The van der Waals surface area contributed by atoms with E-state index in [2.05, 4.69) is 157 Å². The van der Waals surface area contributed by atoms with Crippen LogP contribution in [0.25, 0.3) is 76.9 Å². The number of hydrogen-bond acceptors (Lipinski definition) is 3. The Labute approximate surface area is 282 Å². The summed E-state index contributed by atoms with van der Waals surface area (Å²) in [6.07, 6.45) is 0. The molecule has 8 aromatic carbocycles. The first-order valence-corrected chi connectivity index (χ1v) is 16.6. The summed E-state index contributed by atoms with van der Waals surface area (Å²) in [7, 11) is 0. The van der Waals surface area contributed by atoms with Crippen LogP contribution in [0.15, 0.2) is 185 Å². The third-order valence-electron chi connectivity index (χ3n) is 9.68. The molecule has 0 aliphatic rings. The Morgan fingerprint density at radius 3 is 1.67 bits per heavy atom.